The molecule has 0 N–H and O–H groups in total. The molecule has 0 aliphatic carbocycles. The van der Waals surface area contributed by atoms with Crippen molar-refractivity contribution in [2.75, 3.05) is 0 Å². The Morgan fingerprint density at radius 2 is 2.46 bits per heavy atom. The lowest BCUT2D eigenvalue weighted by molar-refractivity contribution is 0.727. The van der Waals surface area contributed by atoms with Crippen LogP contribution in [-0.4, -0.2) is 8.94 Å². The minimum atomic E-state index is 0.926. The Kier molecular flexibility index (Phi) is 2.42. The number of fused-ring (bicyclic) bond motifs is 1. The van der Waals surface area contributed by atoms with Gasteiger partial charge in [0.1, 0.15) is 9.47 Å². The minimum absolute atomic E-state index is 0.926. The Bertz CT molecular complexity index is 470. The number of aryl methyl sites for hydroxylation is 1. The third-order valence-corrected chi connectivity index (χ3v) is 3.49. The largest absolute Gasteiger partial charge is 0.286 e. The first-order valence-corrected chi connectivity index (χ1v) is 5.46. The minimum Gasteiger partial charge on any atom is -0.286 e. The standard InChI is InChI=1S/C9H10N2S2/c1-2-6-11-9(12)7-4-3-5-10-8(7)13-11/h3-5H,2,6H2,1H3. The number of hydrogen-bond acceptors (Lipinski definition) is 3. The molecule has 2 aromatic rings. The lowest BCUT2D eigenvalue weighted by Gasteiger charge is -1.94. The van der Waals surface area contributed by atoms with Gasteiger partial charge in [-0.3, -0.25) is 3.96 Å². The van der Waals surface area contributed by atoms with Crippen molar-refractivity contribution in [3.63, 3.8) is 0 Å². The van der Waals surface area contributed by atoms with E-state index in [1.807, 2.05) is 18.3 Å². The molecule has 2 rings (SSSR count). The maximum Gasteiger partial charge on any atom is 0.142 e. The zero-order chi connectivity index (χ0) is 9.26. The van der Waals surface area contributed by atoms with Crippen molar-refractivity contribution in [3.05, 3.63) is 23.0 Å². The van der Waals surface area contributed by atoms with Crippen molar-refractivity contribution in [3.8, 4) is 0 Å². The molecule has 0 fully saturated rings. The number of aromatic nitrogens is 2. The summed E-state index contributed by atoms with van der Waals surface area (Å²) in [6, 6.07) is 3.97. The van der Waals surface area contributed by atoms with Gasteiger partial charge in [0.25, 0.3) is 0 Å². The molecular weight excluding hydrogens is 200 g/mol. The van der Waals surface area contributed by atoms with E-state index in [1.165, 1.54) is 0 Å². The molecule has 0 saturated heterocycles. The van der Waals surface area contributed by atoms with Gasteiger partial charge >= 0.3 is 0 Å². The van der Waals surface area contributed by atoms with Gasteiger partial charge in [-0.1, -0.05) is 19.1 Å². The molecule has 2 aromatic heterocycles. The first-order chi connectivity index (χ1) is 6.33. The summed E-state index contributed by atoms with van der Waals surface area (Å²) in [6.07, 6.45) is 2.92. The normalized spacial score (nSPS) is 10.8. The molecule has 0 spiro atoms. The monoisotopic (exact) mass is 210 g/mol. The average molecular weight is 210 g/mol. The highest BCUT2D eigenvalue weighted by Gasteiger charge is 2.02. The smallest absolute Gasteiger partial charge is 0.142 e. The molecule has 0 aromatic carbocycles. The molecule has 0 aliphatic heterocycles. The van der Waals surface area contributed by atoms with Crippen LogP contribution in [0.4, 0.5) is 0 Å². The SMILES string of the molecule is CCCn1sc2ncccc2c1=S. The summed E-state index contributed by atoms with van der Waals surface area (Å²) in [6.45, 7) is 3.15. The fraction of sp³-hybridized carbons (Fsp3) is 0.333. The van der Waals surface area contributed by atoms with Crippen molar-refractivity contribution in [2.45, 2.75) is 19.9 Å². The second-order valence-electron chi connectivity index (χ2n) is 2.85. The summed E-state index contributed by atoms with van der Waals surface area (Å²) < 4.78 is 3.06. The van der Waals surface area contributed by atoms with Crippen molar-refractivity contribution in [1.29, 1.82) is 0 Å². The maximum atomic E-state index is 5.33. The van der Waals surface area contributed by atoms with E-state index in [1.54, 1.807) is 11.5 Å². The van der Waals surface area contributed by atoms with Gasteiger partial charge in [0.15, 0.2) is 0 Å². The summed E-state index contributed by atoms with van der Waals surface area (Å²) in [5, 5.41) is 1.11. The van der Waals surface area contributed by atoms with Gasteiger partial charge in [0, 0.05) is 18.1 Å². The van der Waals surface area contributed by atoms with E-state index >= 15 is 0 Å². The molecule has 2 nitrogen and oxygen atoms in total. The van der Waals surface area contributed by atoms with E-state index in [-0.39, 0.29) is 0 Å². The fourth-order valence-corrected chi connectivity index (χ4v) is 2.72. The van der Waals surface area contributed by atoms with Crippen molar-refractivity contribution in [1.82, 2.24) is 8.94 Å². The summed E-state index contributed by atoms with van der Waals surface area (Å²) in [4.78, 5) is 5.32. The van der Waals surface area contributed by atoms with Gasteiger partial charge in [-0.15, -0.1) is 0 Å². The van der Waals surface area contributed by atoms with Crippen molar-refractivity contribution < 1.29 is 0 Å². The number of pyridine rings is 1. The average Bonchev–Trinajstić information content (AvgIpc) is 2.46. The van der Waals surface area contributed by atoms with Crippen LogP contribution < -0.4 is 0 Å². The molecule has 68 valence electrons. The first kappa shape index (κ1) is 8.84. The third-order valence-electron chi connectivity index (χ3n) is 1.85. The van der Waals surface area contributed by atoms with Crippen LogP contribution in [0, 0.1) is 4.64 Å². The summed E-state index contributed by atoms with van der Waals surface area (Å²) in [7, 11) is 0. The topological polar surface area (TPSA) is 17.8 Å². The van der Waals surface area contributed by atoms with Gasteiger partial charge in [-0.05, 0) is 30.1 Å². The van der Waals surface area contributed by atoms with Crippen LogP contribution in [0.3, 0.4) is 0 Å². The van der Waals surface area contributed by atoms with Gasteiger partial charge in [-0.2, -0.15) is 0 Å². The number of rotatable bonds is 2. The Morgan fingerprint density at radius 3 is 3.15 bits per heavy atom. The molecule has 0 amide bonds. The van der Waals surface area contributed by atoms with E-state index in [0.717, 1.165) is 27.8 Å². The zero-order valence-corrected chi connectivity index (χ0v) is 8.99. The van der Waals surface area contributed by atoms with E-state index < -0.39 is 0 Å². The molecule has 4 heteroatoms. The summed E-state index contributed by atoms with van der Waals surface area (Å²) in [5.74, 6) is 0. The van der Waals surface area contributed by atoms with Gasteiger partial charge < -0.3 is 0 Å². The highest BCUT2D eigenvalue weighted by Crippen LogP contribution is 2.20. The zero-order valence-electron chi connectivity index (χ0n) is 7.36. The molecular formula is C9H10N2S2. The fourth-order valence-electron chi connectivity index (χ4n) is 1.26. The van der Waals surface area contributed by atoms with Crippen LogP contribution in [0.2, 0.25) is 0 Å². The highest BCUT2D eigenvalue weighted by molar-refractivity contribution is 7.71. The second kappa shape index (κ2) is 3.55. The predicted octanol–water partition coefficient (Wildman–Crippen LogP) is 3.24. The maximum absolute atomic E-state index is 5.33. The van der Waals surface area contributed by atoms with E-state index in [0.29, 0.717) is 0 Å². The second-order valence-corrected chi connectivity index (χ2v) is 4.25. The Morgan fingerprint density at radius 1 is 1.62 bits per heavy atom. The van der Waals surface area contributed by atoms with Gasteiger partial charge in [0.2, 0.25) is 0 Å². The Balaban J connectivity index is 2.67. The van der Waals surface area contributed by atoms with Crippen molar-refractivity contribution in [2.24, 2.45) is 0 Å². The van der Waals surface area contributed by atoms with E-state index in [2.05, 4.69) is 15.9 Å². The molecule has 0 saturated carbocycles. The quantitative estimate of drug-likeness (QED) is 0.708. The van der Waals surface area contributed by atoms with Crippen LogP contribution in [0.25, 0.3) is 10.2 Å². The molecule has 0 unspecified atom stereocenters. The van der Waals surface area contributed by atoms with Crippen LogP contribution in [0.5, 0.6) is 0 Å². The molecule has 0 radical (unpaired) electrons. The molecule has 0 aliphatic rings. The van der Waals surface area contributed by atoms with Gasteiger partial charge in [0.05, 0.1) is 0 Å². The van der Waals surface area contributed by atoms with Crippen LogP contribution >= 0.6 is 23.8 Å². The molecule has 0 atom stereocenters. The van der Waals surface area contributed by atoms with Crippen LogP contribution in [-0.2, 0) is 6.54 Å². The third kappa shape index (κ3) is 1.51. The highest BCUT2D eigenvalue weighted by atomic mass is 32.1. The Hall–Kier alpha value is -0.740. The van der Waals surface area contributed by atoms with E-state index in [9.17, 15) is 0 Å². The number of nitrogens with zero attached hydrogens (tertiary/aromatic N) is 2. The summed E-state index contributed by atoms with van der Waals surface area (Å²) in [5.41, 5.74) is 0. The van der Waals surface area contributed by atoms with Crippen LogP contribution in [0.15, 0.2) is 18.3 Å². The van der Waals surface area contributed by atoms with E-state index in [4.69, 9.17) is 12.2 Å². The lowest BCUT2D eigenvalue weighted by Crippen LogP contribution is -1.90. The lowest BCUT2D eigenvalue weighted by atomic mass is 10.4. The van der Waals surface area contributed by atoms with Gasteiger partial charge in [-0.25, -0.2) is 4.98 Å². The van der Waals surface area contributed by atoms with Crippen LogP contribution in [0.1, 0.15) is 13.3 Å². The summed E-state index contributed by atoms with van der Waals surface area (Å²) >= 11 is 6.98. The predicted molar refractivity (Wildman–Crippen MR) is 58.7 cm³/mol. The Labute approximate surface area is 86.0 Å². The molecule has 0 bridgehead atoms. The van der Waals surface area contributed by atoms with Crippen molar-refractivity contribution >= 4 is 34.0 Å². The molecule has 13 heavy (non-hydrogen) atoms. The molecule has 2 heterocycles. The number of hydrogen-bond donors (Lipinski definition) is 0. The first-order valence-electron chi connectivity index (χ1n) is 4.27.